The summed E-state index contributed by atoms with van der Waals surface area (Å²) in [6, 6.07) is 0. The van der Waals surface area contributed by atoms with E-state index < -0.39 is 26.9 Å². The van der Waals surface area contributed by atoms with Gasteiger partial charge < -0.3 is 14.4 Å². The number of rotatable bonds is 4. The third-order valence-corrected chi connectivity index (χ3v) is 1.42. The fourth-order valence-electron chi connectivity index (χ4n) is 0.605. The van der Waals surface area contributed by atoms with Gasteiger partial charge in [0.15, 0.2) is 6.10 Å². The van der Waals surface area contributed by atoms with Crippen LogP contribution in [0.1, 0.15) is 6.92 Å². The summed E-state index contributed by atoms with van der Waals surface area (Å²) in [4.78, 5) is 10.7. The monoisotopic (exact) mass is 182 g/mol. The lowest BCUT2D eigenvalue weighted by Gasteiger charge is -2.14. The lowest BCUT2D eigenvalue weighted by molar-refractivity contribution is -0.150. The van der Waals surface area contributed by atoms with Crippen molar-refractivity contribution in [2.24, 2.45) is 0 Å². The number of hydrogen-bond acceptors (Lipinski definition) is 5. The molecule has 66 valence electrons. The largest absolute Gasteiger partial charge is 0.415 e. The smallest absolute Gasteiger partial charge is 0.342 e. The highest BCUT2D eigenvalue weighted by Gasteiger charge is 2.24. The van der Waals surface area contributed by atoms with Crippen LogP contribution in [0.15, 0.2) is 0 Å². The molecule has 0 saturated heterocycles. The first-order valence-corrected chi connectivity index (χ1v) is 3.92. The second kappa shape index (κ2) is 5.29. The molecular formula is C5H11O5P. The van der Waals surface area contributed by atoms with Gasteiger partial charge in [0.1, 0.15) is 0 Å². The molecule has 0 aromatic carbocycles. The molecule has 11 heavy (non-hydrogen) atoms. The molecule has 0 amide bonds. The molecule has 5 nitrogen and oxygen atoms in total. The van der Waals surface area contributed by atoms with Crippen LogP contribution in [0.5, 0.6) is 0 Å². The van der Waals surface area contributed by atoms with Gasteiger partial charge in [-0.1, -0.05) is 0 Å². The zero-order valence-corrected chi connectivity index (χ0v) is 7.47. The Bertz CT molecular complexity index is 146. The maximum Gasteiger partial charge on any atom is 0.342 e. The van der Waals surface area contributed by atoms with Gasteiger partial charge in [0, 0.05) is 7.11 Å². The lowest BCUT2D eigenvalue weighted by atomic mass is 10.2. The molecule has 1 N–H and O–H groups in total. The van der Waals surface area contributed by atoms with Gasteiger partial charge in [-0.05, 0) is 6.92 Å². The fourth-order valence-corrected chi connectivity index (χ4v) is 0.834. The second-order valence-corrected chi connectivity index (χ2v) is 2.36. The third-order valence-electron chi connectivity index (χ3n) is 1.09. The molecule has 0 aliphatic carbocycles. The maximum atomic E-state index is 10.7. The van der Waals surface area contributed by atoms with Gasteiger partial charge in [0.05, 0.1) is 6.10 Å². The molecule has 0 spiro atoms. The Kier molecular flexibility index (Phi) is 5.11. The molecule has 0 aliphatic rings. The minimum atomic E-state index is -1.59. The molecular weight excluding hydrogens is 171 g/mol. The first-order valence-electron chi connectivity index (χ1n) is 2.98. The van der Waals surface area contributed by atoms with E-state index in [-0.39, 0.29) is 0 Å². The number of methoxy groups -OCH3 is 1. The Morgan fingerprint density at radius 1 is 1.64 bits per heavy atom. The van der Waals surface area contributed by atoms with Crippen molar-refractivity contribution in [2.75, 3.05) is 7.11 Å². The van der Waals surface area contributed by atoms with Gasteiger partial charge in [-0.3, -0.25) is 4.57 Å². The Morgan fingerprint density at radius 2 is 2.18 bits per heavy atom. The minimum absolute atomic E-state index is 0.799. The molecule has 0 bridgehead atoms. The molecule has 0 aromatic rings. The first kappa shape index (κ1) is 10.6. The van der Waals surface area contributed by atoms with E-state index in [1.54, 1.807) is 0 Å². The number of hydrogen-bond donors (Lipinski definition) is 1. The molecule has 3 unspecified atom stereocenters. The highest BCUT2D eigenvalue weighted by Crippen LogP contribution is 2.05. The van der Waals surface area contributed by atoms with Crippen LogP contribution in [0.4, 0.5) is 0 Å². The van der Waals surface area contributed by atoms with Crippen molar-refractivity contribution in [3.05, 3.63) is 0 Å². The number of ether oxygens (including phenoxy) is 1. The molecule has 0 fully saturated rings. The summed E-state index contributed by atoms with van der Waals surface area (Å²) in [5.41, 5.74) is 0. The summed E-state index contributed by atoms with van der Waals surface area (Å²) in [6.07, 6.45) is -2.00. The van der Waals surface area contributed by atoms with E-state index in [1.807, 2.05) is 0 Å². The number of aliphatic hydroxyl groups is 1. The Balaban J connectivity index is 4.02. The van der Waals surface area contributed by atoms with Crippen molar-refractivity contribution in [1.29, 1.82) is 0 Å². The zero-order valence-electron chi connectivity index (χ0n) is 6.31. The third kappa shape index (κ3) is 3.51. The van der Waals surface area contributed by atoms with Gasteiger partial charge in [0.2, 0.25) is 8.69 Å². The molecule has 0 saturated carbocycles. The van der Waals surface area contributed by atoms with E-state index in [4.69, 9.17) is 5.11 Å². The quantitative estimate of drug-likeness (QED) is 0.598. The molecule has 0 radical (unpaired) electrons. The highest BCUT2D eigenvalue weighted by atomic mass is 31.1. The van der Waals surface area contributed by atoms with Crippen molar-refractivity contribution in [3.63, 3.8) is 0 Å². The Labute approximate surface area is 65.6 Å². The molecule has 0 rings (SSSR count). The summed E-state index contributed by atoms with van der Waals surface area (Å²) in [5, 5.41) is 8.89. The van der Waals surface area contributed by atoms with Crippen LogP contribution in [0, 0.1) is 0 Å². The van der Waals surface area contributed by atoms with Gasteiger partial charge in [-0.25, -0.2) is 4.79 Å². The molecule has 0 heterocycles. The van der Waals surface area contributed by atoms with Crippen LogP contribution >= 0.6 is 8.69 Å². The van der Waals surface area contributed by atoms with Crippen LogP contribution in [0.2, 0.25) is 0 Å². The van der Waals surface area contributed by atoms with Crippen molar-refractivity contribution in [2.45, 2.75) is 19.1 Å². The second-order valence-electron chi connectivity index (χ2n) is 1.93. The van der Waals surface area contributed by atoms with E-state index in [2.05, 4.69) is 9.26 Å². The van der Waals surface area contributed by atoms with E-state index in [0.29, 0.717) is 0 Å². The normalized spacial score (nSPS) is 16.6. The van der Waals surface area contributed by atoms with Gasteiger partial charge in [-0.2, -0.15) is 0 Å². The average molecular weight is 182 g/mol. The van der Waals surface area contributed by atoms with Crippen molar-refractivity contribution in [1.82, 2.24) is 0 Å². The summed E-state index contributed by atoms with van der Waals surface area (Å²) < 4.78 is 18.6. The molecule has 0 aromatic heterocycles. The topological polar surface area (TPSA) is 72.8 Å². The van der Waals surface area contributed by atoms with Crippen molar-refractivity contribution in [3.8, 4) is 0 Å². The summed E-state index contributed by atoms with van der Waals surface area (Å²) in [5.74, 6) is -0.799. The predicted molar refractivity (Wildman–Crippen MR) is 39.0 cm³/mol. The predicted octanol–water partition coefficient (Wildman–Crippen LogP) is -0.403. The maximum absolute atomic E-state index is 10.7. The van der Waals surface area contributed by atoms with Crippen molar-refractivity contribution >= 4 is 14.7 Å². The van der Waals surface area contributed by atoms with Gasteiger partial charge >= 0.3 is 5.97 Å². The van der Waals surface area contributed by atoms with E-state index in [1.165, 1.54) is 14.0 Å². The molecule has 3 atom stereocenters. The summed E-state index contributed by atoms with van der Waals surface area (Å²) >= 11 is 0. The lowest BCUT2D eigenvalue weighted by Crippen LogP contribution is -2.33. The number of carbonyl (C=O) groups excluding carboxylic acids is 1. The molecule has 0 aliphatic heterocycles. The first-order chi connectivity index (χ1) is 5.13. The van der Waals surface area contributed by atoms with E-state index >= 15 is 0 Å². The summed E-state index contributed by atoms with van der Waals surface area (Å²) in [6.45, 7) is 1.38. The van der Waals surface area contributed by atoms with Gasteiger partial charge in [0.25, 0.3) is 0 Å². The average Bonchev–Trinajstić information content (AvgIpc) is 1.88. The summed E-state index contributed by atoms with van der Waals surface area (Å²) in [7, 11) is -0.323. The fraction of sp³-hybridized carbons (Fsp3) is 0.800. The number of carbonyl (C=O) groups is 1. The number of aliphatic hydroxyl groups excluding tert-OH is 1. The van der Waals surface area contributed by atoms with Crippen molar-refractivity contribution < 1.29 is 23.7 Å². The van der Waals surface area contributed by atoms with Crippen LogP contribution in [-0.2, 0) is 18.6 Å². The van der Waals surface area contributed by atoms with E-state index in [9.17, 15) is 9.36 Å². The minimum Gasteiger partial charge on any atom is -0.415 e. The van der Waals surface area contributed by atoms with Crippen LogP contribution in [-0.4, -0.2) is 30.4 Å². The van der Waals surface area contributed by atoms with Crippen LogP contribution in [0.25, 0.3) is 0 Å². The standard InChI is InChI=1S/C5H11O5P/c1-3(6)4(9-2)5(7)10-11-8/h3-4,6H,11H2,1-2H3. The zero-order chi connectivity index (χ0) is 8.85. The van der Waals surface area contributed by atoms with Crippen LogP contribution < -0.4 is 0 Å². The SMILES string of the molecule is COC(C(=O)O[PH2]=O)C(C)O. The highest BCUT2D eigenvalue weighted by molar-refractivity contribution is 7.18. The van der Waals surface area contributed by atoms with E-state index in [0.717, 1.165) is 0 Å². The molecule has 6 heteroatoms. The Hall–Kier alpha value is -0.380. The van der Waals surface area contributed by atoms with Gasteiger partial charge in [-0.15, -0.1) is 0 Å². The van der Waals surface area contributed by atoms with Crippen LogP contribution in [0.3, 0.4) is 0 Å². The Morgan fingerprint density at radius 3 is 2.45 bits per heavy atom.